The average Bonchev–Trinajstić information content (AvgIpc) is 2.89. The van der Waals surface area contributed by atoms with Crippen LogP contribution in [0.3, 0.4) is 0 Å². The van der Waals surface area contributed by atoms with Crippen LogP contribution in [-0.4, -0.2) is 36.4 Å². The zero-order valence-corrected chi connectivity index (χ0v) is 10.7. The summed E-state index contributed by atoms with van der Waals surface area (Å²) in [6, 6.07) is 0. The molecule has 0 saturated carbocycles. The molecule has 5 nitrogen and oxygen atoms in total. The Kier molecular flexibility index (Phi) is 3.90. The Balaban J connectivity index is 1.58. The van der Waals surface area contributed by atoms with Gasteiger partial charge in [-0.05, 0) is 44.7 Å². The van der Waals surface area contributed by atoms with Gasteiger partial charge in [-0.3, -0.25) is 0 Å². The lowest BCUT2D eigenvalue weighted by Gasteiger charge is -2.21. The Hall–Kier alpha value is -0.940. The molecule has 3 heterocycles. The van der Waals surface area contributed by atoms with Gasteiger partial charge in [0, 0.05) is 13.0 Å². The average molecular weight is 251 g/mol. The molecule has 100 valence electrons. The first-order valence-corrected chi connectivity index (χ1v) is 7.03. The lowest BCUT2D eigenvalue weighted by molar-refractivity contribution is 0.0705. The first-order chi connectivity index (χ1) is 8.92. The molecule has 0 aromatic carbocycles. The van der Waals surface area contributed by atoms with Crippen molar-refractivity contribution in [3.05, 3.63) is 11.7 Å². The van der Waals surface area contributed by atoms with E-state index in [0.717, 1.165) is 57.3 Å². The highest BCUT2D eigenvalue weighted by atomic mass is 16.5. The molecule has 5 heteroatoms. The predicted molar refractivity (Wildman–Crippen MR) is 66.4 cm³/mol. The summed E-state index contributed by atoms with van der Waals surface area (Å²) in [6.07, 6.45) is 5.65. The lowest BCUT2D eigenvalue weighted by atomic mass is 9.96. The van der Waals surface area contributed by atoms with Gasteiger partial charge in [0.25, 0.3) is 0 Å². The molecular formula is C13H21N3O2. The zero-order chi connectivity index (χ0) is 12.2. The summed E-state index contributed by atoms with van der Waals surface area (Å²) in [6.45, 7) is 3.82. The van der Waals surface area contributed by atoms with Gasteiger partial charge in [-0.1, -0.05) is 5.16 Å². The first-order valence-electron chi connectivity index (χ1n) is 7.03. The van der Waals surface area contributed by atoms with E-state index < -0.39 is 0 Å². The van der Waals surface area contributed by atoms with Crippen LogP contribution < -0.4 is 5.32 Å². The molecule has 1 N–H and O–H groups in total. The highest BCUT2D eigenvalue weighted by Gasteiger charge is 2.23. The fourth-order valence-electron chi connectivity index (χ4n) is 2.81. The van der Waals surface area contributed by atoms with Crippen molar-refractivity contribution in [2.24, 2.45) is 5.92 Å². The molecule has 0 spiro atoms. The van der Waals surface area contributed by atoms with Gasteiger partial charge in [-0.25, -0.2) is 0 Å². The number of piperidine rings is 1. The minimum absolute atomic E-state index is 0.310. The fraction of sp³-hybridized carbons (Fsp3) is 0.846. The van der Waals surface area contributed by atoms with E-state index in [0.29, 0.717) is 11.8 Å². The first kappa shape index (κ1) is 12.1. The Labute approximate surface area is 107 Å². The van der Waals surface area contributed by atoms with Gasteiger partial charge in [0.1, 0.15) is 0 Å². The van der Waals surface area contributed by atoms with Crippen LogP contribution in [0.4, 0.5) is 0 Å². The smallest absolute Gasteiger partial charge is 0.232 e. The van der Waals surface area contributed by atoms with Crippen LogP contribution in [-0.2, 0) is 11.2 Å². The van der Waals surface area contributed by atoms with Crippen LogP contribution in [0.25, 0.3) is 0 Å². The highest BCUT2D eigenvalue weighted by Crippen LogP contribution is 2.24. The van der Waals surface area contributed by atoms with Gasteiger partial charge in [0.15, 0.2) is 5.82 Å². The monoisotopic (exact) mass is 251 g/mol. The van der Waals surface area contributed by atoms with Crippen LogP contribution in [0, 0.1) is 5.92 Å². The number of ether oxygens (including phenoxy) is 1. The molecule has 18 heavy (non-hydrogen) atoms. The third kappa shape index (κ3) is 2.90. The van der Waals surface area contributed by atoms with E-state index >= 15 is 0 Å². The van der Waals surface area contributed by atoms with Crippen molar-refractivity contribution < 1.29 is 9.26 Å². The molecule has 0 amide bonds. The van der Waals surface area contributed by atoms with Crippen molar-refractivity contribution in [2.45, 2.75) is 38.0 Å². The molecule has 2 atom stereocenters. The third-order valence-electron chi connectivity index (χ3n) is 3.86. The Bertz CT molecular complexity index is 368. The van der Waals surface area contributed by atoms with Crippen molar-refractivity contribution in [2.75, 3.05) is 26.3 Å². The standard InChI is InChI=1S/C13H21N3O2/c1-3-10(8-14-5-1)7-12-15-13(18-16-12)11-4-2-6-17-9-11/h10-11,14H,1-9H2. The minimum Gasteiger partial charge on any atom is -0.381 e. The van der Waals surface area contributed by atoms with Crippen molar-refractivity contribution in [1.29, 1.82) is 0 Å². The molecule has 2 aliphatic rings. The third-order valence-corrected chi connectivity index (χ3v) is 3.86. The van der Waals surface area contributed by atoms with E-state index in [1.807, 2.05) is 0 Å². The van der Waals surface area contributed by atoms with Crippen molar-refractivity contribution in [3.63, 3.8) is 0 Å². The molecule has 2 aliphatic heterocycles. The second-order valence-corrected chi connectivity index (χ2v) is 5.38. The molecule has 1 aromatic rings. The molecule has 3 rings (SSSR count). The summed E-state index contributed by atoms with van der Waals surface area (Å²) in [4.78, 5) is 4.54. The van der Waals surface area contributed by atoms with E-state index in [-0.39, 0.29) is 0 Å². The fourth-order valence-corrected chi connectivity index (χ4v) is 2.81. The summed E-state index contributed by atoms with van der Waals surface area (Å²) in [5, 5.41) is 7.54. The quantitative estimate of drug-likeness (QED) is 0.882. The Morgan fingerprint density at radius 1 is 1.28 bits per heavy atom. The SMILES string of the molecule is C1CNCC(Cc2noc(C3CCCOC3)n2)C1. The number of rotatable bonds is 3. The minimum atomic E-state index is 0.310. The maximum absolute atomic E-state index is 5.46. The molecular weight excluding hydrogens is 230 g/mol. The molecule has 0 bridgehead atoms. The van der Waals surface area contributed by atoms with E-state index in [1.165, 1.54) is 12.8 Å². The summed E-state index contributed by atoms with van der Waals surface area (Å²) in [7, 11) is 0. The number of hydrogen-bond donors (Lipinski definition) is 1. The van der Waals surface area contributed by atoms with E-state index in [1.54, 1.807) is 0 Å². The lowest BCUT2D eigenvalue weighted by Crippen LogP contribution is -2.31. The zero-order valence-electron chi connectivity index (χ0n) is 10.7. The normalized spacial score (nSPS) is 29.3. The Morgan fingerprint density at radius 2 is 2.28 bits per heavy atom. The van der Waals surface area contributed by atoms with Gasteiger partial charge in [-0.15, -0.1) is 0 Å². The number of hydrogen-bond acceptors (Lipinski definition) is 5. The van der Waals surface area contributed by atoms with Crippen LogP contribution in [0.5, 0.6) is 0 Å². The maximum Gasteiger partial charge on any atom is 0.232 e. The summed E-state index contributed by atoms with van der Waals surface area (Å²) >= 11 is 0. The van der Waals surface area contributed by atoms with Crippen molar-refractivity contribution in [3.8, 4) is 0 Å². The van der Waals surface area contributed by atoms with Gasteiger partial charge in [-0.2, -0.15) is 4.98 Å². The highest BCUT2D eigenvalue weighted by molar-refractivity contribution is 4.96. The second kappa shape index (κ2) is 5.80. The van der Waals surface area contributed by atoms with Crippen LogP contribution in [0.15, 0.2) is 4.52 Å². The molecule has 0 aliphatic carbocycles. The number of nitrogens with one attached hydrogen (secondary N) is 1. The van der Waals surface area contributed by atoms with Gasteiger partial charge in [0.05, 0.1) is 12.5 Å². The summed E-state index contributed by atoms with van der Waals surface area (Å²) < 4.78 is 10.8. The van der Waals surface area contributed by atoms with Gasteiger partial charge in [0.2, 0.25) is 5.89 Å². The molecule has 2 saturated heterocycles. The molecule has 1 aromatic heterocycles. The Morgan fingerprint density at radius 3 is 3.06 bits per heavy atom. The van der Waals surface area contributed by atoms with E-state index in [4.69, 9.17) is 9.26 Å². The second-order valence-electron chi connectivity index (χ2n) is 5.38. The van der Waals surface area contributed by atoms with E-state index in [9.17, 15) is 0 Å². The summed E-state index contributed by atoms with van der Waals surface area (Å²) in [5.41, 5.74) is 0. The van der Waals surface area contributed by atoms with E-state index in [2.05, 4.69) is 15.5 Å². The molecule has 2 fully saturated rings. The van der Waals surface area contributed by atoms with Crippen LogP contribution in [0.1, 0.15) is 43.3 Å². The predicted octanol–water partition coefficient (Wildman–Crippen LogP) is 1.51. The van der Waals surface area contributed by atoms with Crippen molar-refractivity contribution in [1.82, 2.24) is 15.5 Å². The largest absolute Gasteiger partial charge is 0.381 e. The maximum atomic E-state index is 5.46. The van der Waals surface area contributed by atoms with Crippen molar-refractivity contribution >= 4 is 0 Å². The summed E-state index contributed by atoms with van der Waals surface area (Å²) in [5.74, 6) is 2.61. The molecule has 0 radical (unpaired) electrons. The molecule has 2 unspecified atom stereocenters. The van der Waals surface area contributed by atoms with Gasteiger partial charge >= 0.3 is 0 Å². The van der Waals surface area contributed by atoms with Crippen LogP contribution >= 0.6 is 0 Å². The number of nitrogens with zero attached hydrogens (tertiary/aromatic N) is 2. The van der Waals surface area contributed by atoms with Gasteiger partial charge < -0.3 is 14.6 Å². The number of aromatic nitrogens is 2. The van der Waals surface area contributed by atoms with Crippen LogP contribution in [0.2, 0.25) is 0 Å². The topological polar surface area (TPSA) is 60.2 Å².